The number of anilines is 2. The third-order valence-electron chi connectivity index (χ3n) is 3.88. The second-order valence-electron chi connectivity index (χ2n) is 5.45. The molecular weight excluding hydrogens is 238 g/mol. The molecule has 1 amide bonds. The fourth-order valence-electron chi connectivity index (χ4n) is 2.56. The Kier molecular flexibility index (Phi) is 3.32. The molecule has 4 heteroatoms. The lowest BCUT2D eigenvalue weighted by atomic mass is 10.2. The van der Waals surface area contributed by atoms with Crippen molar-refractivity contribution in [1.82, 2.24) is 5.32 Å². The van der Waals surface area contributed by atoms with Crippen molar-refractivity contribution in [3.63, 3.8) is 0 Å². The first-order valence-corrected chi connectivity index (χ1v) is 7.15. The molecule has 3 rings (SSSR count). The van der Waals surface area contributed by atoms with E-state index in [-0.39, 0.29) is 11.9 Å². The fourth-order valence-corrected chi connectivity index (χ4v) is 2.56. The van der Waals surface area contributed by atoms with Gasteiger partial charge < -0.3 is 15.5 Å². The SMILES string of the molecule is CC(C(=O)NC1CC1)N1CCCNc2ccccc21. The van der Waals surface area contributed by atoms with Crippen LogP contribution in [0.2, 0.25) is 0 Å². The van der Waals surface area contributed by atoms with Crippen LogP contribution in [-0.2, 0) is 4.79 Å². The zero-order chi connectivity index (χ0) is 13.2. The number of hydrogen-bond acceptors (Lipinski definition) is 3. The zero-order valence-corrected chi connectivity index (χ0v) is 11.4. The number of nitrogens with zero attached hydrogens (tertiary/aromatic N) is 1. The van der Waals surface area contributed by atoms with Crippen molar-refractivity contribution in [3.05, 3.63) is 24.3 Å². The van der Waals surface area contributed by atoms with Gasteiger partial charge in [0.1, 0.15) is 6.04 Å². The molecule has 1 fully saturated rings. The van der Waals surface area contributed by atoms with E-state index in [0.29, 0.717) is 6.04 Å². The van der Waals surface area contributed by atoms with Crippen molar-refractivity contribution in [2.75, 3.05) is 23.3 Å². The summed E-state index contributed by atoms with van der Waals surface area (Å²) in [5.74, 6) is 0.152. The van der Waals surface area contributed by atoms with Crippen LogP contribution < -0.4 is 15.5 Å². The van der Waals surface area contributed by atoms with Gasteiger partial charge in [-0.1, -0.05) is 12.1 Å². The standard InChI is InChI=1S/C15H21N3O/c1-11(15(19)17-12-7-8-12)18-10-4-9-16-13-5-2-3-6-14(13)18/h2-3,5-6,11-12,16H,4,7-10H2,1H3,(H,17,19). The van der Waals surface area contributed by atoms with Crippen molar-refractivity contribution >= 4 is 17.3 Å². The summed E-state index contributed by atoms with van der Waals surface area (Å²) in [6.07, 6.45) is 3.32. The zero-order valence-electron chi connectivity index (χ0n) is 11.4. The molecular formula is C15H21N3O. The first-order chi connectivity index (χ1) is 9.25. The molecule has 102 valence electrons. The van der Waals surface area contributed by atoms with E-state index in [0.717, 1.165) is 43.7 Å². The minimum atomic E-state index is -0.110. The summed E-state index contributed by atoms with van der Waals surface area (Å²) >= 11 is 0. The highest BCUT2D eigenvalue weighted by Crippen LogP contribution is 2.29. The summed E-state index contributed by atoms with van der Waals surface area (Å²) < 4.78 is 0. The summed E-state index contributed by atoms with van der Waals surface area (Å²) in [5, 5.41) is 6.53. The van der Waals surface area contributed by atoms with Gasteiger partial charge >= 0.3 is 0 Å². The number of carbonyl (C=O) groups is 1. The molecule has 1 aliphatic carbocycles. The van der Waals surface area contributed by atoms with E-state index in [1.165, 1.54) is 0 Å². The molecule has 1 unspecified atom stereocenters. The van der Waals surface area contributed by atoms with Gasteiger partial charge in [0.25, 0.3) is 0 Å². The average molecular weight is 259 g/mol. The molecule has 0 bridgehead atoms. The van der Waals surface area contributed by atoms with Crippen molar-refractivity contribution < 1.29 is 4.79 Å². The minimum Gasteiger partial charge on any atom is -0.383 e. The highest BCUT2D eigenvalue weighted by molar-refractivity contribution is 5.87. The second-order valence-corrected chi connectivity index (χ2v) is 5.45. The fraction of sp³-hybridized carbons (Fsp3) is 0.533. The number of benzene rings is 1. The topological polar surface area (TPSA) is 44.4 Å². The third kappa shape index (κ3) is 2.67. The largest absolute Gasteiger partial charge is 0.383 e. The van der Waals surface area contributed by atoms with Crippen LogP contribution >= 0.6 is 0 Å². The van der Waals surface area contributed by atoms with Crippen molar-refractivity contribution in [2.45, 2.75) is 38.3 Å². The predicted molar refractivity (Wildman–Crippen MR) is 77.5 cm³/mol. The van der Waals surface area contributed by atoms with Gasteiger partial charge in [-0.25, -0.2) is 0 Å². The van der Waals surface area contributed by atoms with E-state index < -0.39 is 0 Å². The Labute approximate surface area is 114 Å². The van der Waals surface area contributed by atoms with E-state index >= 15 is 0 Å². The van der Waals surface area contributed by atoms with Gasteiger partial charge in [-0.05, 0) is 38.3 Å². The Bertz CT molecular complexity index is 470. The molecule has 1 saturated carbocycles. The summed E-state index contributed by atoms with van der Waals surface area (Å²) in [7, 11) is 0. The Balaban J connectivity index is 1.80. The molecule has 1 aliphatic heterocycles. The van der Waals surface area contributed by atoms with Gasteiger partial charge in [0.2, 0.25) is 5.91 Å². The minimum absolute atomic E-state index is 0.110. The Morgan fingerprint density at radius 3 is 3.00 bits per heavy atom. The lowest BCUT2D eigenvalue weighted by Gasteiger charge is -2.30. The van der Waals surface area contributed by atoms with Gasteiger partial charge in [0.15, 0.2) is 0 Å². The Morgan fingerprint density at radius 2 is 2.21 bits per heavy atom. The van der Waals surface area contributed by atoms with Crippen LogP contribution in [0, 0.1) is 0 Å². The quantitative estimate of drug-likeness (QED) is 0.872. The van der Waals surface area contributed by atoms with Gasteiger partial charge in [-0.15, -0.1) is 0 Å². The van der Waals surface area contributed by atoms with Crippen LogP contribution in [0.1, 0.15) is 26.2 Å². The number of para-hydroxylation sites is 2. The van der Waals surface area contributed by atoms with Gasteiger partial charge in [-0.2, -0.15) is 0 Å². The van der Waals surface area contributed by atoms with E-state index in [9.17, 15) is 4.79 Å². The maximum atomic E-state index is 12.2. The number of nitrogens with one attached hydrogen (secondary N) is 2. The lowest BCUT2D eigenvalue weighted by molar-refractivity contribution is -0.122. The summed E-state index contributed by atoms with van der Waals surface area (Å²) in [6.45, 7) is 3.88. The van der Waals surface area contributed by atoms with Gasteiger partial charge in [-0.3, -0.25) is 4.79 Å². The monoisotopic (exact) mass is 259 g/mol. The van der Waals surface area contributed by atoms with Crippen molar-refractivity contribution in [3.8, 4) is 0 Å². The van der Waals surface area contributed by atoms with Gasteiger partial charge in [0.05, 0.1) is 11.4 Å². The first-order valence-electron chi connectivity index (χ1n) is 7.15. The van der Waals surface area contributed by atoms with E-state index in [2.05, 4.69) is 27.7 Å². The number of amides is 1. The lowest BCUT2D eigenvalue weighted by Crippen LogP contribution is -2.46. The number of hydrogen-bond donors (Lipinski definition) is 2. The maximum Gasteiger partial charge on any atom is 0.242 e. The molecule has 0 saturated heterocycles. The number of carbonyl (C=O) groups excluding carboxylic acids is 1. The Morgan fingerprint density at radius 1 is 1.42 bits per heavy atom. The van der Waals surface area contributed by atoms with Crippen LogP contribution in [0.5, 0.6) is 0 Å². The molecule has 4 nitrogen and oxygen atoms in total. The summed E-state index contributed by atoms with van der Waals surface area (Å²) in [5.41, 5.74) is 2.27. The van der Waals surface area contributed by atoms with Crippen LogP contribution in [0.4, 0.5) is 11.4 Å². The number of fused-ring (bicyclic) bond motifs is 1. The van der Waals surface area contributed by atoms with E-state index in [4.69, 9.17) is 0 Å². The molecule has 1 atom stereocenters. The van der Waals surface area contributed by atoms with Gasteiger partial charge in [0, 0.05) is 19.1 Å². The van der Waals surface area contributed by atoms with E-state index in [1.54, 1.807) is 0 Å². The highest BCUT2D eigenvalue weighted by atomic mass is 16.2. The van der Waals surface area contributed by atoms with Crippen molar-refractivity contribution in [2.24, 2.45) is 0 Å². The molecule has 19 heavy (non-hydrogen) atoms. The van der Waals surface area contributed by atoms with Crippen LogP contribution in [0.3, 0.4) is 0 Å². The normalized spacial score (nSPS) is 19.9. The first kappa shape index (κ1) is 12.3. The molecule has 2 aliphatic rings. The van der Waals surface area contributed by atoms with E-state index in [1.807, 2.05) is 19.1 Å². The smallest absolute Gasteiger partial charge is 0.242 e. The third-order valence-corrected chi connectivity index (χ3v) is 3.88. The molecule has 0 radical (unpaired) electrons. The molecule has 0 spiro atoms. The predicted octanol–water partition coefficient (Wildman–Crippen LogP) is 1.98. The van der Waals surface area contributed by atoms with Crippen LogP contribution in [0.25, 0.3) is 0 Å². The molecule has 0 aromatic heterocycles. The molecule has 1 aromatic carbocycles. The van der Waals surface area contributed by atoms with Crippen LogP contribution in [-0.4, -0.2) is 31.1 Å². The summed E-state index contributed by atoms with van der Waals surface area (Å²) in [4.78, 5) is 14.5. The highest BCUT2D eigenvalue weighted by Gasteiger charge is 2.29. The average Bonchev–Trinajstić information content (AvgIpc) is 3.23. The molecule has 1 heterocycles. The number of rotatable bonds is 3. The molecule has 2 N–H and O–H groups in total. The summed E-state index contributed by atoms with van der Waals surface area (Å²) in [6, 6.07) is 8.56. The molecule has 1 aromatic rings. The van der Waals surface area contributed by atoms with Crippen LogP contribution in [0.15, 0.2) is 24.3 Å². The maximum absolute atomic E-state index is 12.2. The second kappa shape index (κ2) is 5.11. The van der Waals surface area contributed by atoms with Crippen molar-refractivity contribution in [1.29, 1.82) is 0 Å². The Hall–Kier alpha value is -1.71.